The molecule has 0 amide bonds. The molecule has 14 heteroatoms. The Hall–Kier alpha value is -2.35. The summed E-state index contributed by atoms with van der Waals surface area (Å²) in [6.45, 7) is -3.41. The number of nitrogens with zero attached hydrogens (tertiary/aromatic N) is 3. The van der Waals surface area contributed by atoms with E-state index in [1.807, 2.05) is 0 Å². The zero-order valence-corrected chi connectivity index (χ0v) is 17.4. The molecular formula is C16H13BrF6N4O2S. The maximum Gasteiger partial charge on any atom is 0.422 e. The van der Waals surface area contributed by atoms with E-state index in [-0.39, 0.29) is 5.11 Å². The molecule has 1 aromatic heterocycles. The summed E-state index contributed by atoms with van der Waals surface area (Å²) in [6.07, 6.45) is -9.36. The van der Waals surface area contributed by atoms with E-state index in [9.17, 15) is 26.3 Å². The van der Waals surface area contributed by atoms with Crippen LogP contribution in [0.5, 0.6) is 11.8 Å². The molecule has 0 atom stereocenters. The first-order valence-electron chi connectivity index (χ1n) is 7.91. The molecule has 1 heterocycles. The standard InChI is InChI=1S/C16H13BrF6N4O2S/c1-27(10-4-2-9(17)3-5-10)14(30)26-13-24-11(28-7-15(18,19)20)6-12(25-13)29-8-16(21,22)23/h2-6H,7-8H2,1H3,(H,24,25,26,30). The first-order valence-corrected chi connectivity index (χ1v) is 9.11. The number of thiocarbonyl (C=S) groups is 1. The summed E-state index contributed by atoms with van der Waals surface area (Å²) in [5.41, 5.74) is 0.647. The topological polar surface area (TPSA) is 59.5 Å². The van der Waals surface area contributed by atoms with Crippen LogP contribution in [0.15, 0.2) is 34.8 Å². The van der Waals surface area contributed by atoms with Crippen LogP contribution in [-0.2, 0) is 0 Å². The zero-order valence-electron chi connectivity index (χ0n) is 15.0. The predicted molar refractivity (Wildman–Crippen MR) is 104 cm³/mol. The lowest BCUT2D eigenvalue weighted by molar-refractivity contribution is -0.154. The number of hydrogen-bond donors (Lipinski definition) is 1. The maximum atomic E-state index is 12.4. The number of benzene rings is 1. The van der Waals surface area contributed by atoms with Crippen molar-refractivity contribution in [3.8, 4) is 11.8 Å². The van der Waals surface area contributed by atoms with Gasteiger partial charge in [0.1, 0.15) is 0 Å². The normalized spacial score (nSPS) is 11.7. The fourth-order valence-electron chi connectivity index (χ4n) is 1.88. The highest BCUT2D eigenvalue weighted by atomic mass is 79.9. The highest BCUT2D eigenvalue weighted by molar-refractivity contribution is 9.10. The number of rotatable bonds is 6. The van der Waals surface area contributed by atoms with Crippen molar-refractivity contribution < 1.29 is 35.8 Å². The lowest BCUT2D eigenvalue weighted by Gasteiger charge is -2.21. The summed E-state index contributed by atoms with van der Waals surface area (Å²) in [4.78, 5) is 8.86. The Bertz CT molecular complexity index is 843. The van der Waals surface area contributed by atoms with Gasteiger partial charge in [-0.15, -0.1) is 0 Å². The Kier molecular flexibility index (Phi) is 7.69. The predicted octanol–water partition coefficient (Wildman–Crippen LogP) is 4.95. The van der Waals surface area contributed by atoms with Gasteiger partial charge in [0.2, 0.25) is 17.7 Å². The fourth-order valence-corrected chi connectivity index (χ4v) is 2.34. The number of aromatic nitrogens is 2. The minimum absolute atomic E-state index is 0.0204. The lowest BCUT2D eigenvalue weighted by Crippen LogP contribution is -2.31. The molecule has 0 aliphatic carbocycles. The molecule has 0 fully saturated rings. The minimum Gasteiger partial charge on any atom is -0.468 e. The quantitative estimate of drug-likeness (QED) is 0.428. The second kappa shape index (κ2) is 9.64. The van der Waals surface area contributed by atoms with Gasteiger partial charge in [-0.1, -0.05) is 15.9 Å². The van der Waals surface area contributed by atoms with Crippen LogP contribution in [0, 0.1) is 0 Å². The molecule has 2 rings (SSSR count). The lowest BCUT2D eigenvalue weighted by atomic mass is 10.3. The maximum absolute atomic E-state index is 12.4. The average Bonchev–Trinajstić information content (AvgIpc) is 2.63. The Balaban J connectivity index is 2.20. The molecule has 0 aliphatic rings. The van der Waals surface area contributed by atoms with Crippen LogP contribution in [0.1, 0.15) is 0 Å². The summed E-state index contributed by atoms with van der Waals surface area (Å²) in [5, 5.41) is 2.55. The Labute approximate surface area is 180 Å². The number of anilines is 2. The molecule has 0 radical (unpaired) electrons. The fraction of sp³-hybridized carbons (Fsp3) is 0.312. The van der Waals surface area contributed by atoms with Crippen molar-refractivity contribution in [2.75, 3.05) is 30.5 Å². The van der Waals surface area contributed by atoms with Crippen LogP contribution >= 0.6 is 28.1 Å². The van der Waals surface area contributed by atoms with E-state index >= 15 is 0 Å². The van der Waals surface area contributed by atoms with E-state index in [1.54, 1.807) is 31.3 Å². The minimum atomic E-state index is -4.68. The second-order valence-corrected chi connectivity index (χ2v) is 6.94. The summed E-state index contributed by atoms with van der Waals surface area (Å²) in [7, 11) is 1.59. The number of halogens is 7. The molecule has 0 spiro atoms. The highest BCUT2D eigenvalue weighted by Gasteiger charge is 2.30. The molecule has 0 saturated heterocycles. The van der Waals surface area contributed by atoms with Crippen LogP contribution in [0.4, 0.5) is 38.0 Å². The smallest absolute Gasteiger partial charge is 0.422 e. The Morgan fingerprint density at radius 2 is 1.47 bits per heavy atom. The van der Waals surface area contributed by atoms with E-state index in [0.717, 1.165) is 4.47 Å². The molecule has 164 valence electrons. The molecule has 0 aliphatic heterocycles. The third-order valence-electron chi connectivity index (χ3n) is 3.18. The molecule has 6 nitrogen and oxygen atoms in total. The van der Waals surface area contributed by atoms with Gasteiger partial charge in [0.05, 0.1) is 6.07 Å². The van der Waals surface area contributed by atoms with Gasteiger partial charge in [0, 0.05) is 17.2 Å². The van der Waals surface area contributed by atoms with E-state index in [1.165, 1.54) is 4.90 Å². The Morgan fingerprint density at radius 3 is 1.90 bits per heavy atom. The number of ether oxygens (including phenoxy) is 2. The summed E-state index contributed by atoms with van der Waals surface area (Å²) >= 11 is 8.47. The molecular weight excluding hydrogens is 506 g/mol. The van der Waals surface area contributed by atoms with Gasteiger partial charge in [0.15, 0.2) is 18.3 Å². The number of nitrogens with one attached hydrogen (secondary N) is 1. The van der Waals surface area contributed by atoms with Gasteiger partial charge in [-0.3, -0.25) is 0 Å². The molecule has 1 aromatic carbocycles. The third kappa shape index (κ3) is 8.18. The second-order valence-electron chi connectivity index (χ2n) is 5.64. The van der Waals surface area contributed by atoms with E-state index < -0.39 is 43.3 Å². The van der Waals surface area contributed by atoms with E-state index in [4.69, 9.17) is 12.2 Å². The van der Waals surface area contributed by atoms with Gasteiger partial charge in [-0.25, -0.2) is 0 Å². The largest absolute Gasteiger partial charge is 0.468 e. The van der Waals surface area contributed by atoms with Crippen molar-refractivity contribution in [1.29, 1.82) is 0 Å². The number of hydrogen-bond acceptors (Lipinski definition) is 5. The molecule has 0 unspecified atom stereocenters. The van der Waals surface area contributed by atoms with Crippen molar-refractivity contribution >= 4 is 44.9 Å². The van der Waals surface area contributed by atoms with Crippen molar-refractivity contribution in [2.24, 2.45) is 0 Å². The highest BCUT2D eigenvalue weighted by Crippen LogP contribution is 2.24. The van der Waals surface area contributed by atoms with Crippen LogP contribution < -0.4 is 19.7 Å². The summed E-state index contributed by atoms with van der Waals surface area (Å²) in [6, 6.07) is 7.66. The zero-order chi connectivity index (χ0) is 22.5. The first-order chi connectivity index (χ1) is 13.8. The van der Waals surface area contributed by atoms with Gasteiger partial charge >= 0.3 is 12.4 Å². The van der Waals surface area contributed by atoms with Gasteiger partial charge in [-0.2, -0.15) is 36.3 Å². The third-order valence-corrected chi connectivity index (χ3v) is 4.09. The molecule has 0 bridgehead atoms. The molecule has 0 saturated carbocycles. The van der Waals surface area contributed by atoms with Crippen molar-refractivity contribution in [1.82, 2.24) is 9.97 Å². The summed E-state index contributed by atoms with van der Waals surface area (Å²) in [5.74, 6) is -1.69. The van der Waals surface area contributed by atoms with Crippen LogP contribution in [0.2, 0.25) is 0 Å². The summed E-state index contributed by atoms with van der Waals surface area (Å²) < 4.78 is 84.1. The molecule has 30 heavy (non-hydrogen) atoms. The van der Waals surface area contributed by atoms with Gasteiger partial charge in [0.25, 0.3) is 0 Å². The Morgan fingerprint density at radius 1 is 1.00 bits per heavy atom. The average molecular weight is 519 g/mol. The van der Waals surface area contributed by atoms with Crippen molar-refractivity contribution in [3.05, 3.63) is 34.8 Å². The van der Waals surface area contributed by atoms with Crippen molar-refractivity contribution in [2.45, 2.75) is 12.4 Å². The molecule has 1 N–H and O–H groups in total. The molecule has 2 aromatic rings. The van der Waals surface area contributed by atoms with Crippen molar-refractivity contribution in [3.63, 3.8) is 0 Å². The monoisotopic (exact) mass is 518 g/mol. The van der Waals surface area contributed by atoms with E-state index in [0.29, 0.717) is 11.8 Å². The first kappa shape index (κ1) is 23.9. The van der Waals surface area contributed by atoms with E-state index in [2.05, 4.69) is 40.7 Å². The van der Waals surface area contributed by atoms with Gasteiger partial charge < -0.3 is 19.7 Å². The van der Waals surface area contributed by atoms with Crippen LogP contribution in [0.3, 0.4) is 0 Å². The van der Waals surface area contributed by atoms with Gasteiger partial charge in [-0.05, 0) is 36.5 Å². The SMILES string of the molecule is CN(C(=S)Nc1nc(OCC(F)(F)F)cc(OCC(F)(F)F)n1)c1ccc(Br)cc1. The van der Waals surface area contributed by atoms with Crippen LogP contribution in [0.25, 0.3) is 0 Å². The number of alkyl halides is 6. The van der Waals surface area contributed by atoms with Crippen LogP contribution in [-0.4, -0.2) is 47.7 Å².